The van der Waals surface area contributed by atoms with Gasteiger partial charge < -0.3 is 10.5 Å². The van der Waals surface area contributed by atoms with E-state index in [9.17, 15) is 0 Å². The average molecular weight is 159 g/mol. The standard InChI is InChI=1S/C9H21NO/c1-5-6-8(10)11-7-9(2,3)4/h8H,5-7,10H2,1-4H3. The average Bonchev–Trinajstić information content (AvgIpc) is 1.83. The van der Waals surface area contributed by atoms with Crippen molar-refractivity contribution < 1.29 is 4.74 Å². The monoisotopic (exact) mass is 159 g/mol. The number of rotatable bonds is 4. The van der Waals surface area contributed by atoms with Crippen LogP contribution < -0.4 is 5.73 Å². The molecule has 0 saturated carbocycles. The molecule has 0 bridgehead atoms. The van der Waals surface area contributed by atoms with E-state index in [1.54, 1.807) is 0 Å². The first kappa shape index (κ1) is 10.9. The van der Waals surface area contributed by atoms with Gasteiger partial charge in [0, 0.05) is 0 Å². The van der Waals surface area contributed by atoms with Gasteiger partial charge in [-0.3, -0.25) is 0 Å². The van der Waals surface area contributed by atoms with Crippen LogP contribution in [-0.2, 0) is 4.74 Å². The van der Waals surface area contributed by atoms with Crippen LogP contribution in [0.4, 0.5) is 0 Å². The highest BCUT2D eigenvalue weighted by atomic mass is 16.5. The zero-order chi connectivity index (χ0) is 8.91. The Morgan fingerprint density at radius 3 is 2.27 bits per heavy atom. The van der Waals surface area contributed by atoms with Crippen molar-refractivity contribution >= 4 is 0 Å². The van der Waals surface area contributed by atoms with Crippen molar-refractivity contribution in [3.8, 4) is 0 Å². The Bertz CT molecular complexity index is 96.2. The molecule has 2 heteroatoms. The zero-order valence-corrected chi connectivity index (χ0v) is 8.18. The van der Waals surface area contributed by atoms with Gasteiger partial charge in [0.05, 0.1) is 6.61 Å². The molecule has 0 heterocycles. The van der Waals surface area contributed by atoms with E-state index in [0.717, 1.165) is 19.4 Å². The summed E-state index contributed by atoms with van der Waals surface area (Å²) >= 11 is 0. The topological polar surface area (TPSA) is 35.2 Å². The highest BCUT2D eigenvalue weighted by Crippen LogP contribution is 2.13. The normalized spacial score (nSPS) is 15.0. The van der Waals surface area contributed by atoms with Crippen LogP contribution in [0.1, 0.15) is 40.5 Å². The molecule has 0 fully saturated rings. The summed E-state index contributed by atoms with van der Waals surface area (Å²) in [7, 11) is 0. The van der Waals surface area contributed by atoms with Crippen molar-refractivity contribution in [1.82, 2.24) is 0 Å². The Morgan fingerprint density at radius 1 is 1.36 bits per heavy atom. The lowest BCUT2D eigenvalue weighted by molar-refractivity contribution is 0.00761. The molecule has 0 radical (unpaired) electrons. The predicted molar refractivity (Wildman–Crippen MR) is 48.3 cm³/mol. The molecule has 0 rings (SSSR count). The van der Waals surface area contributed by atoms with Crippen molar-refractivity contribution in [2.24, 2.45) is 11.1 Å². The number of ether oxygens (including phenoxy) is 1. The van der Waals surface area contributed by atoms with E-state index < -0.39 is 0 Å². The quantitative estimate of drug-likeness (QED) is 0.638. The fraction of sp³-hybridized carbons (Fsp3) is 1.00. The Morgan fingerprint density at radius 2 is 1.91 bits per heavy atom. The van der Waals surface area contributed by atoms with Crippen molar-refractivity contribution in [3.05, 3.63) is 0 Å². The van der Waals surface area contributed by atoms with Gasteiger partial charge in [-0.1, -0.05) is 34.1 Å². The molecule has 2 nitrogen and oxygen atoms in total. The minimum Gasteiger partial charge on any atom is -0.363 e. The van der Waals surface area contributed by atoms with Gasteiger partial charge in [-0.25, -0.2) is 0 Å². The third-order valence-corrected chi connectivity index (χ3v) is 1.30. The minimum absolute atomic E-state index is 0.0702. The molecule has 0 aromatic carbocycles. The number of nitrogens with two attached hydrogens (primary N) is 1. The molecule has 68 valence electrons. The van der Waals surface area contributed by atoms with E-state index in [4.69, 9.17) is 10.5 Å². The highest BCUT2D eigenvalue weighted by Gasteiger charge is 2.12. The molecule has 11 heavy (non-hydrogen) atoms. The van der Waals surface area contributed by atoms with Crippen LogP contribution in [0.5, 0.6) is 0 Å². The van der Waals surface area contributed by atoms with Crippen molar-refractivity contribution in [3.63, 3.8) is 0 Å². The molecule has 0 aliphatic heterocycles. The van der Waals surface area contributed by atoms with E-state index in [1.807, 2.05) is 0 Å². The van der Waals surface area contributed by atoms with Crippen molar-refractivity contribution in [1.29, 1.82) is 0 Å². The minimum atomic E-state index is -0.0702. The van der Waals surface area contributed by atoms with Gasteiger partial charge in [0.1, 0.15) is 6.23 Å². The van der Waals surface area contributed by atoms with Crippen LogP contribution in [0.15, 0.2) is 0 Å². The van der Waals surface area contributed by atoms with Gasteiger partial charge in [-0.05, 0) is 11.8 Å². The highest BCUT2D eigenvalue weighted by molar-refractivity contribution is 4.60. The Balaban J connectivity index is 3.38. The molecule has 0 amide bonds. The summed E-state index contributed by atoms with van der Waals surface area (Å²) < 4.78 is 5.42. The second kappa shape index (κ2) is 4.73. The smallest absolute Gasteiger partial charge is 0.105 e. The molecule has 0 spiro atoms. The SMILES string of the molecule is CCCC(N)OCC(C)(C)C. The van der Waals surface area contributed by atoms with E-state index in [0.29, 0.717) is 0 Å². The van der Waals surface area contributed by atoms with Gasteiger partial charge in [-0.2, -0.15) is 0 Å². The van der Waals surface area contributed by atoms with Crippen molar-refractivity contribution in [2.45, 2.75) is 46.8 Å². The Hall–Kier alpha value is -0.0800. The van der Waals surface area contributed by atoms with Crippen LogP contribution in [0, 0.1) is 5.41 Å². The van der Waals surface area contributed by atoms with Crippen LogP contribution >= 0.6 is 0 Å². The molecule has 2 N–H and O–H groups in total. The largest absolute Gasteiger partial charge is 0.363 e. The van der Waals surface area contributed by atoms with Gasteiger partial charge in [0.25, 0.3) is 0 Å². The molecular formula is C9H21NO. The summed E-state index contributed by atoms with van der Waals surface area (Å²) in [6.45, 7) is 9.29. The second-order valence-corrected chi connectivity index (χ2v) is 4.20. The van der Waals surface area contributed by atoms with E-state index in [-0.39, 0.29) is 11.6 Å². The van der Waals surface area contributed by atoms with Crippen LogP contribution in [-0.4, -0.2) is 12.8 Å². The predicted octanol–water partition coefficient (Wildman–Crippen LogP) is 2.13. The first-order valence-electron chi connectivity index (χ1n) is 4.33. The van der Waals surface area contributed by atoms with Crippen LogP contribution in [0.25, 0.3) is 0 Å². The molecular weight excluding hydrogens is 138 g/mol. The molecule has 0 aromatic heterocycles. The molecule has 0 aliphatic carbocycles. The molecule has 0 aromatic rings. The molecule has 1 unspecified atom stereocenters. The fourth-order valence-electron chi connectivity index (χ4n) is 0.725. The zero-order valence-electron chi connectivity index (χ0n) is 8.18. The van der Waals surface area contributed by atoms with Gasteiger partial charge in [0.15, 0.2) is 0 Å². The van der Waals surface area contributed by atoms with Gasteiger partial charge in [0.2, 0.25) is 0 Å². The summed E-state index contributed by atoms with van der Waals surface area (Å²) in [6.07, 6.45) is 1.97. The van der Waals surface area contributed by atoms with Crippen molar-refractivity contribution in [2.75, 3.05) is 6.61 Å². The molecule has 0 aliphatic rings. The summed E-state index contributed by atoms with van der Waals surface area (Å²) in [5.41, 5.74) is 5.90. The lowest BCUT2D eigenvalue weighted by atomic mass is 9.99. The Kier molecular flexibility index (Phi) is 4.69. The van der Waals surface area contributed by atoms with Gasteiger partial charge >= 0.3 is 0 Å². The van der Waals surface area contributed by atoms with E-state index >= 15 is 0 Å². The number of hydrogen-bond acceptors (Lipinski definition) is 2. The summed E-state index contributed by atoms with van der Waals surface area (Å²) in [6, 6.07) is 0. The maximum atomic E-state index is 5.67. The van der Waals surface area contributed by atoms with Crippen LogP contribution in [0.3, 0.4) is 0 Å². The lowest BCUT2D eigenvalue weighted by Crippen LogP contribution is -2.28. The summed E-state index contributed by atoms with van der Waals surface area (Å²) in [5.74, 6) is 0. The second-order valence-electron chi connectivity index (χ2n) is 4.20. The summed E-state index contributed by atoms with van der Waals surface area (Å²) in [4.78, 5) is 0. The van der Waals surface area contributed by atoms with Crippen LogP contribution in [0.2, 0.25) is 0 Å². The summed E-state index contributed by atoms with van der Waals surface area (Å²) in [5, 5.41) is 0. The first-order chi connectivity index (χ1) is 4.95. The van der Waals surface area contributed by atoms with E-state index in [2.05, 4.69) is 27.7 Å². The maximum Gasteiger partial charge on any atom is 0.105 e. The Labute approximate surface area is 70.1 Å². The third-order valence-electron chi connectivity index (χ3n) is 1.30. The van der Waals surface area contributed by atoms with Gasteiger partial charge in [-0.15, -0.1) is 0 Å². The molecule has 0 saturated heterocycles. The first-order valence-corrected chi connectivity index (χ1v) is 4.33. The lowest BCUT2D eigenvalue weighted by Gasteiger charge is -2.21. The maximum absolute atomic E-state index is 5.67. The third kappa shape index (κ3) is 7.82. The number of hydrogen-bond donors (Lipinski definition) is 1. The fourth-order valence-corrected chi connectivity index (χ4v) is 0.725. The van der Waals surface area contributed by atoms with E-state index in [1.165, 1.54) is 0 Å². The molecule has 1 atom stereocenters.